The first-order valence-electron chi connectivity index (χ1n) is 3.89. The standard InChI is InChI=1S/C10H6I2O2/c11-7-2-1-5-3-8(12)9(13)4-6(5)10(7)14/h1-4,13-14H. The van der Waals surface area contributed by atoms with Crippen LogP contribution in [-0.4, -0.2) is 10.2 Å². The largest absolute Gasteiger partial charge is 0.507 e. The summed E-state index contributed by atoms with van der Waals surface area (Å²) < 4.78 is 1.58. The summed E-state index contributed by atoms with van der Waals surface area (Å²) in [4.78, 5) is 0. The Labute approximate surface area is 108 Å². The van der Waals surface area contributed by atoms with Gasteiger partial charge in [0.2, 0.25) is 0 Å². The monoisotopic (exact) mass is 412 g/mol. The van der Waals surface area contributed by atoms with E-state index in [4.69, 9.17) is 0 Å². The van der Waals surface area contributed by atoms with E-state index in [-0.39, 0.29) is 11.5 Å². The van der Waals surface area contributed by atoms with Crippen molar-refractivity contribution in [3.05, 3.63) is 31.4 Å². The van der Waals surface area contributed by atoms with E-state index < -0.39 is 0 Å². The Kier molecular flexibility index (Phi) is 2.74. The van der Waals surface area contributed by atoms with Crippen LogP contribution >= 0.6 is 45.2 Å². The molecule has 0 saturated carbocycles. The summed E-state index contributed by atoms with van der Waals surface area (Å²) >= 11 is 4.12. The fourth-order valence-corrected chi connectivity index (χ4v) is 2.25. The second kappa shape index (κ2) is 3.73. The molecule has 0 saturated heterocycles. The van der Waals surface area contributed by atoms with Gasteiger partial charge in [0.05, 0.1) is 7.14 Å². The lowest BCUT2D eigenvalue weighted by Gasteiger charge is -2.05. The predicted octanol–water partition coefficient (Wildman–Crippen LogP) is 3.46. The number of phenolic OH excluding ortho intramolecular Hbond substituents is 2. The van der Waals surface area contributed by atoms with E-state index in [1.165, 1.54) is 0 Å². The molecule has 2 nitrogen and oxygen atoms in total. The van der Waals surface area contributed by atoms with E-state index in [1.807, 2.05) is 18.2 Å². The van der Waals surface area contributed by atoms with E-state index >= 15 is 0 Å². The van der Waals surface area contributed by atoms with Crippen molar-refractivity contribution in [3.8, 4) is 11.5 Å². The lowest BCUT2D eigenvalue weighted by Crippen LogP contribution is -1.81. The lowest BCUT2D eigenvalue weighted by atomic mass is 10.1. The average molecular weight is 412 g/mol. The van der Waals surface area contributed by atoms with E-state index in [9.17, 15) is 10.2 Å². The number of benzene rings is 2. The maximum absolute atomic E-state index is 9.75. The number of rotatable bonds is 0. The van der Waals surface area contributed by atoms with Gasteiger partial charge in [0.15, 0.2) is 0 Å². The zero-order valence-electron chi connectivity index (χ0n) is 6.96. The van der Waals surface area contributed by atoms with Crippen LogP contribution in [0.5, 0.6) is 11.5 Å². The lowest BCUT2D eigenvalue weighted by molar-refractivity contribution is 0.468. The number of halogens is 2. The van der Waals surface area contributed by atoms with Crippen molar-refractivity contribution >= 4 is 56.0 Å². The molecule has 0 bridgehead atoms. The van der Waals surface area contributed by atoms with E-state index in [1.54, 1.807) is 6.07 Å². The summed E-state index contributed by atoms with van der Waals surface area (Å²) in [5, 5.41) is 20.9. The normalized spacial score (nSPS) is 10.7. The molecule has 0 unspecified atom stereocenters. The van der Waals surface area contributed by atoms with Crippen LogP contribution in [0.2, 0.25) is 0 Å². The van der Waals surface area contributed by atoms with Crippen LogP contribution in [-0.2, 0) is 0 Å². The minimum absolute atomic E-state index is 0.204. The third kappa shape index (κ3) is 1.65. The molecule has 2 rings (SSSR count). The summed E-state index contributed by atoms with van der Waals surface area (Å²) in [5.74, 6) is 0.435. The Morgan fingerprint density at radius 1 is 0.929 bits per heavy atom. The molecular weight excluding hydrogens is 406 g/mol. The molecule has 0 aliphatic carbocycles. The van der Waals surface area contributed by atoms with Gasteiger partial charge in [-0.15, -0.1) is 0 Å². The fraction of sp³-hybridized carbons (Fsp3) is 0. The van der Waals surface area contributed by atoms with Crippen LogP contribution in [0.15, 0.2) is 24.3 Å². The zero-order valence-corrected chi connectivity index (χ0v) is 11.3. The van der Waals surface area contributed by atoms with Crippen LogP contribution in [0.4, 0.5) is 0 Å². The zero-order chi connectivity index (χ0) is 10.3. The third-order valence-corrected chi connectivity index (χ3v) is 3.74. The summed E-state index contributed by atoms with van der Waals surface area (Å²) in [7, 11) is 0. The highest BCUT2D eigenvalue weighted by atomic mass is 127. The van der Waals surface area contributed by atoms with Gasteiger partial charge >= 0.3 is 0 Å². The summed E-state index contributed by atoms with van der Waals surface area (Å²) in [6, 6.07) is 7.22. The minimum atomic E-state index is 0.204. The molecule has 0 amide bonds. The number of fused-ring (bicyclic) bond motifs is 1. The van der Waals surface area contributed by atoms with Gasteiger partial charge in [-0.1, -0.05) is 6.07 Å². The van der Waals surface area contributed by atoms with E-state index in [0.29, 0.717) is 5.39 Å². The van der Waals surface area contributed by atoms with Gasteiger partial charge in [0.25, 0.3) is 0 Å². The highest BCUT2D eigenvalue weighted by Gasteiger charge is 2.07. The van der Waals surface area contributed by atoms with E-state index in [2.05, 4.69) is 45.2 Å². The Hall–Kier alpha value is -0.240. The molecule has 2 aromatic rings. The van der Waals surface area contributed by atoms with Crippen molar-refractivity contribution in [2.75, 3.05) is 0 Å². The van der Waals surface area contributed by atoms with Crippen molar-refractivity contribution in [1.82, 2.24) is 0 Å². The molecule has 0 atom stereocenters. The molecule has 2 N–H and O–H groups in total. The fourth-order valence-electron chi connectivity index (χ4n) is 1.29. The molecule has 14 heavy (non-hydrogen) atoms. The maximum atomic E-state index is 9.75. The average Bonchev–Trinajstić information content (AvgIpc) is 2.15. The number of hydrogen-bond acceptors (Lipinski definition) is 2. The molecule has 0 radical (unpaired) electrons. The molecule has 0 aliphatic rings. The van der Waals surface area contributed by atoms with Gasteiger partial charge in [0, 0.05) is 5.39 Å². The molecule has 0 aromatic heterocycles. The highest BCUT2D eigenvalue weighted by Crippen LogP contribution is 2.34. The van der Waals surface area contributed by atoms with Crippen LogP contribution in [0.1, 0.15) is 0 Å². The number of phenols is 2. The van der Waals surface area contributed by atoms with Crippen LogP contribution in [0.25, 0.3) is 10.8 Å². The van der Waals surface area contributed by atoms with Crippen molar-refractivity contribution in [2.24, 2.45) is 0 Å². The Bertz CT molecular complexity index is 509. The van der Waals surface area contributed by atoms with Crippen molar-refractivity contribution in [1.29, 1.82) is 0 Å². The van der Waals surface area contributed by atoms with Crippen molar-refractivity contribution < 1.29 is 10.2 Å². The van der Waals surface area contributed by atoms with E-state index in [0.717, 1.165) is 12.5 Å². The van der Waals surface area contributed by atoms with Crippen LogP contribution in [0, 0.1) is 7.14 Å². The van der Waals surface area contributed by atoms with Gasteiger partial charge in [-0.05, 0) is 68.8 Å². The first-order valence-corrected chi connectivity index (χ1v) is 6.05. The topological polar surface area (TPSA) is 40.5 Å². The quantitative estimate of drug-likeness (QED) is 0.652. The highest BCUT2D eigenvalue weighted by molar-refractivity contribution is 14.1. The second-order valence-corrected chi connectivity index (χ2v) is 5.25. The summed E-state index contributed by atoms with van der Waals surface area (Å²) in [5.41, 5.74) is 0. The van der Waals surface area contributed by atoms with Gasteiger partial charge in [-0.3, -0.25) is 0 Å². The van der Waals surface area contributed by atoms with Crippen LogP contribution in [0.3, 0.4) is 0 Å². The van der Waals surface area contributed by atoms with Gasteiger partial charge in [-0.25, -0.2) is 0 Å². The molecule has 0 fully saturated rings. The van der Waals surface area contributed by atoms with Crippen molar-refractivity contribution in [3.63, 3.8) is 0 Å². The first-order chi connectivity index (χ1) is 6.59. The Balaban J connectivity index is 2.89. The molecule has 2 aromatic carbocycles. The Morgan fingerprint density at radius 3 is 2.36 bits per heavy atom. The molecular formula is C10H6I2O2. The number of aromatic hydroxyl groups is 2. The summed E-state index contributed by atoms with van der Waals surface area (Å²) in [6.07, 6.45) is 0. The van der Waals surface area contributed by atoms with Crippen molar-refractivity contribution in [2.45, 2.75) is 0 Å². The predicted molar refractivity (Wildman–Crippen MR) is 72.7 cm³/mol. The molecule has 0 aliphatic heterocycles. The number of hydrogen-bond donors (Lipinski definition) is 2. The second-order valence-electron chi connectivity index (χ2n) is 2.92. The van der Waals surface area contributed by atoms with Gasteiger partial charge in [-0.2, -0.15) is 0 Å². The Morgan fingerprint density at radius 2 is 1.64 bits per heavy atom. The maximum Gasteiger partial charge on any atom is 0.136 e. The van der Waals surface area contributed by atoms with Crippen LogP contribution < -0.4 is 0 Å². The first kappa shape index (κ1) is 10.3. The molecule has 72 valence electrons. The smallest absolute Gasteiger partial charge is 0.136 e. The van der Waals surface area contributed by atoms with Gasteiger partial charge in [0.1, 0.15) is 11.5 Å². The molecule has 0 spiro atoms. The third-order valence-electron chi connectivity index (χ3n) is 2.01. The molecule has 0 heterocycles. The molecule has 4 heteroatoms. The summed E-state index contributed by atoms with van der Waals surface area (Å²) in [6.45, 7) is 0. The minimum Gasteiger partial charge on any atom is -0.507 e. The SMILES string of the molecule is Oc1cc2c(O)c(I)ccc2cc1I. The van der Waals surface area contributed by atoms with Gasteiger partial charge < -0.3 is 10.2 Å².